The van der Waals surface area contributed by atoms with Crippen molar-refractivity contribution in [1.82, 2.24) is 5.32 Å². The summed E-state index contributed by atoms with van der Waals surface area (Å²) in [6.07, 6.45) is 6.46. The predicted octanol–water partition coefficient (Wildman–Crippen LogP) is 2.64. The van der Waals surface area contributed by atoms with Crippen molar-refractivity contribution in [2.75, 3.05) is 0 Å². The van der Waals surface area contributed by atoms with Crippen molar-refractivity contribution in [3.8, 4) is 0 Å². The van der Waals surface area contributed by atoms with E-state index in [1.165, 1.54) is 12.8 Å². The van der Waals surface area contributed by atoms with E-state index >= 15 is 0 Å². The summed E-state index contributed by atoms with van der Waals surface area (Å²) in [7, 11) is 0. The number of carbonyl (C=O) groups excluding carboxylic acids is 1. The van der Waals surface area contributed by atoms with Gasteiger partial charge in [-0.3, -0.25) is 4.79 Å². The molecule has 2 unspecified atom stereocenters. The van der Waals surface area contributed by atoms with Gasteiger partial charge in [-0.1, -0.05) is 44.4 Å². The molecule has 1 aliphatic carbocycles. The molecule has 1 saturated carbocycles. The van der Waals surface area contributed by atoms with Crippen LogP contribution in [0.5, 0.6) is 0 Å². The Morgan fingerprint density at radius 2 is 2.00 bits per heavy atom. The van der Waals surface area contributed by atoms with E-state index in [4.69, 9.17) is 5.73 Å². The molecular weight excluding hydrogens is 236 g/mol. The maximum atomic E-state index is 12.4. The number of rotatable bonds is 3. The third kappa shape index (κ3) is 3.57. The fourth-order valence-electron chi connectivity index (χ4n) is 2.81. The van der Waals surface area contributed by atoms with Crippen LogP contribution in [0.3, 0.4) is 0 Å². The van der Waals surface area contributed by atoms with E-state index in [9.17, 15) is 4.79 Å². The lowest BCUT2D eigenvalue weighted by Crippen LogP contribution is -2.47. The van der Waals surface area contributed by atoms with Gasteiger partial charge in [-0.15, -0.1) is 0 Å². The summed E-state index contributed by atoms with van der Waals surface area (Å²) >= 11 is 0. The topological polar surface area (TPSA) is 55.1 Å². The molecule has 0 spiro atoms. The maximum Gasteiger partial charge on any atom is 0.251 e. The largest absolute Gasteiger partial charge is 0.348 e. The normalized spacial score (nSPS) is 23.7. The molecule has 0 radical (unpaired) electrons. The van der Waals surface area contributed by atoms with Gasteiger partial charge in [-0.05, 0) is 30.9 Å². The second kappa shape index (κ2) is 6.71. The standard InChI is InChI=1S/C16H24N2O/c1-2-12-8-6-7-9-13(12)16(19)18-15-11-5-3-4-10-14(15)17/h6-9,14-15H,2-5,10-11,17H2,1H3,(H,18,19). The Labute approximate surface area is 115 Å². The van der Waals surface area contributed by atoms with E-state index in [0.29, 0.717) is 0 Å². The van der Waals surface area contributed by atoms with Crippen LogP contribution in [-0.2, 0) is 6.42 Å². The third-order valence-corrected chi connectivity index (χ3v) is 4.03. The van der Waals surface area contributed by atoms with Crippen LogP contribution in [-0.4, -0.2) is 18.0 Å². The number of nitrogens with one attached hydrogen (secondary N) is 1. The van der Waals surface area contributed by atoms with E-state index in [0.717, 1.165) is 36.8 Å². The Kier molecular flexibility index (Phi) is 4.97. The lowest BCUT2D eigenvalue weighted by Gasteiger charge is -2.23. The Hall–Kier alpha value is -1.35. The Morgan fingerprint density at radius 3 is 2.79 bits per heavy atom. The van der Waals surface area contributed by atoms with Gasteiger partial charge in [-0.2, -0.15) is 0 Å². The molecule has 1 aromatic rings. The van der Waals surface area contributed by atoms with Gasteiger partial charge in [0, 0.05) is 17.6 Å². The van der Waals surface area contributed by atoms with Crippen molar-refractivity contribution in [3.63, 3.8) is 0 Å². The van der Waals surface area contributed by atoms with Gasteiger partial charge in [0.25, 0.3) is 5.91 Å². The average molecular weight is 260 g/mol. The van der Waals surface area contributed by atoms with E-state index < -0.39 is 0 Å². The zero-order valence-corrected chi connectivity index (χ0v) is 11.7. The van der Waals surface area contributed by atoms with Crippen molar-refractivity contribution in [3.05, 3.63) is 35.4 Å². The van der Waals surface area contributed by atoms with Crippen LogP contribution in [0.2, 0.25) is 0 Å². The van der Waals surface area contributed by atoms with Crippen molar-refractivity contribution in [2.24, 2.45) is 5.73 Å². The molecule has 0 aromatic heterocycles. The summed E-state index contributed by atoms with van der Waals surface area (Å²) in [5.41, 5.74) is 8.05. The molecule has 2 rings (SSSR count). The van der Waals surface area contributed by atoms with Crippen LogP contribution < -0.4 is 11.1 Å². The lowest BCUT2D eigenvalue weighted by atomic mass is 10.0. The van der Waals surface area contributed by atoms with Crippen molar-refractivity contribution < 1.29 is 4.79 Å². The second-order valence-electron chi connectivity index (χ2n) is 5.39. The quantitative estimate of drug-likeness (QED) is 0.821. The molecule has 104 valence electrons. The molecule has 3 nitrogen and oxygen atoms in total. The molecule has 0 heterocycles. The monoisotopic (exact) mass is 260 g/mol. The van der Waals surface area contributed by atoms with Gasteiger partial charge in [0.1, 0.15) is 0 Å². The minimum Gasteiger partial charge on any atom is -0.348 e. The molecule has 1 amide bonds. The number of nitrogens with two attached hydrogens (primary N) is 1. The summed E-state index contributed by atoms with van der Waals surface area (Å²) in [6.45, 7) is 2.07. The van der Waals surface area contributed by atoms with Crippen molar-refractivity contribution in [2.45, 2.75) is 57.5 Å². The Bertz CT molecular complexity index is 431. The summed E-state index contributed by atoms with van der Waals surface area (Å²) < 4.78 is 0. The number of amides is 1. The zero-order chi connectivity index (χ0) is 13.7. The van der Waals surface area contributed by atoms with Crippen LogP contribution in [0.15, 0.2) is 24.3 Å². The number of hydrogen-bond donors (Lipinski definition) is 2. The van der Waals surface area contributed by atoms with Crippen molar-refractivity contribution in [1.29, 1.82) is 0 Å². The minimum absolute atomic E-state index is 0.0276. The van der Waals surface area contributed by atoms with E-state index in [1.807, 2.05) is 24.3 Å². The molecule has 3 N–H and O–H groups in total. The first-order chi connectivity index (χ1) is 9.22. The van der Waals surface area contributed by atoms with Crippen LogP contribution in [0, 0.1) is 0 Å². The fourth-order valence-corrected chi connectivity index (χ4v) is 2.81. The number of aryl methyl sites for hydroxylation is 1. The van der Waals surface area contributed by atoms with Crippen LogP contribution in [0.4, 0.5) is 0 Å². The molecule has 3 heteroatoms. The minimum atomic E-state index is 0.0276. The predicted molar refractivity (Wildman–Crippen MR) is 78.1 cm³/mol. The molecule has 19 heavy (non-hydrogen) atoms. The molecule has 1 aliphatic rings. The van der Waals surface area contributed by atoms with Gasteiger partial charge in [0.2, 0.25) is 0 Å². The molecule has 0 bridgehead atoms. The van der Waals surface area contributed by atoms with Crippen molar-refractivity contribution >= 4 is 5.91 Å². The van der Waals surface area contributed by atoms with Gasteiger partial charge in [-0.25, -0.2) is 0 Å². The van der Waals surface area contributed by atoms with E-state index in [1.54, 1.807) is 0 Å². The zero-order valence-electron chi connectivity index (χ0n) is 11.7. The van der Waals surface area contributed by atoms with Crippen LogP contribution >= 0.6 is 0 Å². The second-order valence-corrected chi connectivity index (χ2v) is 5.39. The Morgan fingerprint density at radius 1 is 1.26 bits per heavy atom. The first kappa shape index (κ1) is 14.1. The fraction of sp³-hybridized carbons (Fsp3) is 0.562. The molecule has 1 aromatic carbocycles. The smallest absolute Gasteiger partial charge is 0.251 e. The van der Waals surface area contributed by atoms with Gasteiger partial charge < -0.3 is 11.1 Å². The maximum absolute atomic E-state index is 12.4. The number of hydrogen-bond acceptors (Lipinski definition) is 2. The molecule has 0 aliphatic heterocycles. The van der Waals surface area contributed by atoms with Crippen LogP contribution in [0.25, 0.3) is 0 Å². The molecular formula is C16H24N2O. The molecule has 1 fully saturated rings. The van der Waals surface area contributed by atoms with E-state index in [-0.39, 0.29) is 18.0 Å². The Balaban J connectivity index is 2.07. The molecule has 0 saturated heterocycles. The number of carbonyl (C=O) groups is 1. The van der Waals surface area contributed by atoms with Gasteiger partial charge in [0.05, 0.1) is 0 Å². The average Bonchev–Trinajstić information content (AvgIpc) is 2.64. The highest BCUT2D eigenvalue weighted by Gasteiger charge is 2.23. The number of benzene rings is 1. The summed E-state index contributed by atoms with van der Waals surface area (Å²) in [5.74, 6) is 0.0276. The van der Waals surface area contributed by atoms with E-state index in [2.05, 4.69) is 12.2 Å². The van der Waals surface area contributed by atoms with Gasteiger partial charge >= 0.3 is 0 Å². The first-order valence-electron chi connectivity index (χ1n) is 7.36. The summed E-state index contributed by atoms with van der Waals surface area (Å²) in [4.78, 5) is 12.4. The summed E-state index contributed by atoms with van der Waals surface area (Å²) in [6, 6.07) is 8.03. The highest BCUT2D eigenvalue weighted by molar-refractivity contribution is 5.95. The first-order valence-corrected chi connectivity index (χ1v) is 7.36. The summed E-state index contributed by atoms with van der Waals surface area (Å²) in [5, 5.41) is 3.14. The van der Waals surface area contributed by atoms with Gasteiger partial charge in [0.15, 0.2) is 0 Å². The third-order valence-electron chi connectivity index (χ3n) is 4.03. The van der Waals surface area contributed by atoms with Crippen LogP contribution in [0.1, 0.15) is 54.9 Å². The highest BCUT2D eigenvalue weighted by Crippen LogP contribution is 2.18. The highest BCUT2D eigenvalue weighted by atomic mass is 16.1. The molecule has 2 atom stereocenters. The SMILES string of the molecule is CCc1ccccc1C(=O)NC1CCCCCC1N. The lowest BCUT2D eigenvalue weighted by molar-refractivity contribution is 0.0928.